The molecule has 0 aliphatic heterocycles. The van der Waals surface area contributed by atoms with Crippen LogP contribution in [0.4, 0.5) is 4.79 Å². The number of rotatable bonds is 8. The van der Waals surface area contributed by atoms with E-state index in [2.05, 4.69) is 5.32 Å². The fourth-order valence-electron chi connectivity index (χ4n) is 1.47. The highest BCUT2D eigenvalue weighted by molar-refractivity contribution is 5.87. The number of hydrogen-bond donors (Lipinski definition) is 4. The summed E-state index contributed by atoms with van der Waals surface area (Å²) < 4.78 is 0. The summed E-state index contributed by atoms with van der Waals surface area (Å²) in [6, 6.07) is -2.10. The topological polar surface area (TPSA) is 133 Å². The third-order valence-electron chi connectivity index (χ3n) is 2.44. The maximum Gasteiger partial charge on any atom is 0.326 e. The van der Waals surface area contributed by atoms with Gasteiger partial charge in [0.05, 0.1) is 6.42 Å². The van der Waals surface area contributed by atoms with Crippen molar-refractivity contribution < 1.29 is 24.6 Å². The monoisotopic (exact) mass is 275 g/mol. The summed E-state index contributed by atoms with van der Waals surface area (Å²) in [4.78, 5) is 34.9. The van der Waals surface area contributed by atoms with E-state index < -0.39 is 30.4 Å². The standard InChI is InChI=1S/C11H21N3O5/c1-7(2)14(4-3-5-15)11(19)13-8(10(17)18)6-9(12)16/h7-8,15H,3-6H2,1-2H3,(H2,12,16)(H,13,19)(H,17,18)/t8-/m1/s1. The molecule has 0 spiro atoms. The van der Waals surface area contributed by atoms with Gasteiger partial charge in [-0.15, -0.1) is 0 Å². The second-order valence-electron chi connectivity index (χ2n) is 4.38. The molecule has 0 fully saturated rings. The van der Waals surface area contributed by atoms with Crippen molar-refractivity contribution in [3.8, 4) is 0 Å². The number of aliphatic carboxylic acids is 1. The van der Waals surface area contributed by atoms with E-state index in [-0.39, 0.29) is 12.6 Å². The van der Waals surface area contributed by atoms with Crippen molar-refractivity contribution in [2.45, 2.75) is 38.8 Å². The molecule has 0 radical (unpaired) electrons. The number of carboxylic acid groups (broad SMARTS) is 1. The second-order valence-corrected chi connectivity index (χ2v) is 4.38. The summed E-state index contributed by atoms with van der Waals surface area (Å²) in [5.41, 5.74) is 4.92. The lowest BCUT2D eigenvalue weighted by Gasteiger charge is -2.28. The van der Waals surface area contributed by atoms with E-state index in [0.29, 0.717) is 13.0 Å². The van der Waals surface area contributed by atoms with E-state index in [1.807, 2.05) is 0 Å². The fourth-order valence-corrected chi connectivity index (χ4v) is 1.47. The molecule has 0 aliphatic rings. The Bertz CT molecular complexity index is 332. The van der Waals surface area contributed by atoms with E-state index in [0.717, 1.165) is 0 Å². The predicted octanol–water partition coefficient (Wildman–Crippen LogP) is -0.883. The largest absolute Gasteiger partial charge is 0.480 e. The highest BCUT2D eigenvalue weighted by Gasteiger charge is 2.25. The lowest BCUT2D eigenvalue weighted by Crippen LogP contribution is -2.51. The van der Waals surface area contributed by atoms with Gasteiger partial charge in [-0.25, -0.2) is 9.59 Å². The van der Waals surface area contributed by atoms with Crippen LogP contribution in [0.2, 0.25) is 0 Å². The van der Waals surface area contributed by atoms with Crippen LogP contribution in [0.3, 0.4) is 0 Å². The molecule has 0 heterocycles. The summed E-state index contributed by atoms with van der Waals surface area (Å²) in [5.74, 6) is -2.13. The van der Waals surface area contributed by atoms with Crippen molar-refractivity contribution >= 4 is 17.9 Å². The Morgan fingerprint density at radius 2 is 1.89 bits per heavy atom. The molecule has 0 bridgehead atoms. The van der Waals surface area contributed by atoms with Crippen LogP contribution in [0.25, 0.3) is 0 Å². The van der Waals surface area contributed by atoms with Gasteiger partial charge >= 0.3 is 12.0 Å². The molecule has 110 valence electrons. The maximum absolute atomic E-state index is 11.9. The van der Waals surface area contributed by atoms with Gasteiger partial charge in [0.1, 0.15) is 6.04 Å². The normalized spacial score (nSPS) is 12.0. The van der Waals surface area contributed by atoms with Crippen LogP contribution < -0.4 is 11.1 Å². The number of aliphatic hydroxyl groups is 1. The Hall–Kier alpha value is -1.83. The molecule has 0 saturated heterocycles. The lowest BCUT2D eigenvalue weighted by molar-refractivity contribution is -0.141. The third kappa shape index (κ3) is 6.61. The van der Waals surface area contributed by atoms with Crippen molar-refractivity contribution in [1.29, 1.82) is 0 Å². The maximum atomic E-state index is 11.9. The first-order valence-electron chi connectivity index (χ1n) is 5.98. The fraction of sp³-hybridized carbons (Fsp3) is 0.727. The molecule has 0 aliphatic carbocycles. The summed E-state index contributed by atoms with van der Waals surface area (Å²) in [7, 11) is 0. The molecule has 0 aromatic heterocycles. The van der Waals surface area contributed by atoms with E-state index in [4.69, 9.17) is 15.9 Å². The molecular weight excluding hydrogens is 254 g/mol. The van der Waals surface area contributed by atoms with Crippen molar-refractivity contribution in [2.75, 3.05) is 13.2 Å². The number of nitrogens with two attached hydrogens (primary N) is 1. The average molecular weight is 275 g/mol. The predicted molar refractivity (Wildman–Crippen MR) is 67.3 cm³/mol. The smallest absolute Gasteiger partial charge is 0.326 e. The molecule has 19 heavy (non-hydrogen) atoms. The Morgan fingerprint density at radius 1 is 1.32 bits per heavy atom. The minimum atomic E-state index is -1.35. The molecular formula is C11H21N3O5. The average Bonchev–Trinajstić information content (AvgIpc) is 2.27. The number of nitrogens with one attached hydrogen (secondary N) is 1. The van der Waals surface area contributed by atoms with E-state index in [9.17, 15) is 14.4 Å². The van der Waals surface area contributed by atoms with Crippen molar-refractivity contribution in [1.82, 2.24) is 10.2 Å². The SMILES string of the molecule is CC(C)N(CCCO)C(=O)N[C@H](CC(N)=O)C(=O)O. The Balaban J connectivity index is 4.65. The van der Waals surface area contributed by atoms with Crippen LogP contribution in [0.5, 0.6) is 0 Å². The van der Waals surface area contributed by atoms with Gasteiger partial charge in [-0.1, -0.05) is 0 Å². The number of carbonyl (C=O) groups is 3. The zero-order chi connectivity index (χ0) is 15.0. The minimum Gasteiger partial charge on any atom is -0.480 e. The first kappa shape index (κ1) is 17.2. The van der Waals surface area contributed by atoms with Crippen LogP contribution >= 0.6 is 0 Å². The van der Waals surface area contributed by atoms with Gasteiger partial charge in [-0.05, 0) is 20.3 Å². The number of carbonyl (C=O) groups excluding carboxylic acids is 2. The second kappa shape index (κ2) is 8.30. The van der Waals surface area contributed by atoms with Crippen molar-refractivity contribution in [3.05, 3.63) is 0 Å². The number of nitrogens with zero attached hydrogens (tertiary/aromatic N) is 1. The molecule has 8 heteroatoms. The number of urea groups is 1. The summed E-state index contributed by atoms with van der Waals surface area (Å²) in [6.45, 7) is 3.75. The van der Waals surface area contributed by atoms with E-state index >= 15 is 0 Å². The number of amides is 3. The van der Waals surface area contributed by atoms with E-state index in [1.165, 1.54) is 4.90 Å². The molecule has 1 atom stereocenters. The van der Waals surface area contributed by atoms with Gasteiger partial charge < -0.3 is 26.2 Å². The van der Waals surface area contributed by atoms with Gasteiger partial charge in [-0.3, -0.25) is 4.79 Å². The van der Waals surface area contributed by atoms with E-state index in [1.54, 1.807) is 13.8 Å². The molecule has 0 rings (SSSR count). The minimum absolute atomic E-state index is 0.0693. The molecule has 5 N–H and O–H groups in total. The van der Waals surface area contributed by atoms with Crippen LogP contribution in [0, 0.1) is 0 Å². The molecule has 3 amide bonds. The van der Waals surface area contributed by atoms with Crippen LogP contribution in [0.1, 0.15) is 26.7 Å². The number of aliphatic hydroxyl groups excluding tert-OH is 1. The summed E-state index contributed by atoms with van der Waals surface area (Å²) in [6.07, 6.45) is -0.0772. The molecule has 0 aromatic rings. The van der Waals surface area contributed by atoms with Gasteiger partial charge in [-0.2, -0.15) is 0 Å². The van der Waals surface area contributed by atoms with Gasteiger partial charge in [0.25, 0.3) is 0 Å². The number of hydrogen-bond acceptors (Lipinski definition) is 4. The lowest BCUT2D eigenvalue weighted by atomic mass is 10.2. The first-order chi connectivity index (χ1) is 8.79. The van der Waals surface area contributed by atoms with Crippen molar-refractivity contribution in [3.63, 3.8) is 0 Å². The molecule has 0 aromatic carbocycles. The van der Waals surface area contributed by atoms with Gasteiger partial charge in [0, 0.05) is 19.2 Å². The summed E-state index contributed by atoms with van der Waals surface area (Å²) in [5, 5.41) is 19.9. The number of carboxylic acids is 1. The first-order valence-corrected chi connectivity index (χ1v) is 5.98. The van der Waals surface area contributed by atoms with Crippen LogP contribution in [-0.2, 0) is 9.59 Å². The zero-order valence-electron chi connectivity index (χ0n) is 11.1. The highest BCUT2D eigenvalue weighted by atomic mass is 16.4. The molecule has 8 nitrogen and oxygen atoms in total. The van der Waals surface area contributed by atoms with Gasteiger partial charge in [0.2, 0.25) is 5.91 Å². The Morgan fingerprint density at radius 3 is 2.26 bits per heavy atom. The van der Waals surface area contributed by atoms with Crippen LogP contribution in [-0.4, -0.2) is 58.3 Å². The van der Waals surface area contributed by atoms with Gasteiger partial charge in [0.15, 0.2) is 0 Å². The Labute approximate surface area is 111 Å². The Kier molecular flexibility index (Phi) is 7.50. The van der Waals surface area contributed by atoms with Crippen LogP contribution in [0.15, 0.2) is 0 Å². The zero-order valence-corrected chi connectivity index (χ0v) is 11.1. The summed E-state index contributed by atoms with van der Waals surface area (Å²) >= 11 is 0. The third-order valence-corrected chi connectivity index (χ3v) is 2.44. The highest BCUT2D eigenvalue weighted by Crippen LogP contribution is 2.02. The quantitative estimate of drug-likeness (QED) is 0.456. The molecule has 0 unspecified atom stereocenters. The number of primary amides is 1. The van der Waals surface area contributed by atoms with Crippen molar-refractivity contribution in [2.24, 2.45) is 5.73 Å². The molecule has 0 saturated carbocycles.